The Bertz CT molecular complexity index is 400. The average molecular weight is 262 g/mol. The van der Waals surface area contributed by atoms with Gasteiger partial charge in [0.1, 0.15) is 5.82 Å². The molecule has 0 radical (unpaired) electrons. The summed E-state index contributed by atoms with van der Waals surface area (Å²) in [5, 5.41) is 3.40. The van der Waals surface area contributed by atoms with E-state index in [9.17, 15) is 0 Å². The van der Waals surface area contributed by atoms with Crippen molar-refractivity contribution in [1.29, 1.82) is 0 Å². The lowest BCUT2D eigenvalue weighted by Crippen LogP contribution is -2.40. The van der Waals surface area contributed by atoms with Crippen LogP contribution >= 0.6 is 0 Å². The molecule has 4 nitrogen and oxygen atoms in total. The van der Waals surface area contributed by atoms with E-state index < -0.39 is 0 Å². The van der Waals surface area contributed by atoms with Crippen LogP contribution in [0.4, 0.5) is 0 Å². The number of hydrogen-bond acceptors (Lipinski definition) is 3. The van der Waals surface area contributed by atoms with E-state index in [1.165, 1.54) is 43.1 Å². The summed E-state index contributed by atoms with van der Waals surface area (Å²) in [6.07, 6.45) is 4.89. The van der Waals surface area contributed by atoms with Gasteiger partial charge in [-0.1, -0.05) is 0 Å². The third-order valence-electron chi connectivity index (χ3n) is 4.52. The molecule has 3 rings (SSSR count). The number of rotatable bonds is 3. The van der Waals surface area contributed by atoms with Crippen molar-refractivity contribution in [2.45, 2.75) is 52.1 Å². The fourth-order valence-corrected chi connectivity index (χ4v) is 3.38. The van der Waals surface area contributed by atoms with E-state index in [-0.39, 0.29) is 0 Å². The molecule has 106 valence electrons. The van der Waals surface area contributed by atoms with Crippen LogP contribution in [0.2, 0.25) is 0 Å². The summed E-state index contributed by atoms with van der Waals surface area (Å²) < 4.78 is 0. The molecule has 0 spiro atoms. The molecule has 4 heteroatoms. The van der Waals surface area contributed by atoms with Crippen molar-refractivity contribution < 1.29 is 0 Å². The maximum absolute atomic E-state index is 4.80. The van der Waals surface area contributed by atoms with E-state index in [0.717, 1.165) is 31.8 Å². The van der Waals surface area contributed by atoms with E-state index in [1.54, 1.807) is 0 Å². The molecule has 2 aliphatic heterocycles. The molecule has 0 amide bonds. The van der Waals surface area contributed by atoms with Gasteiger partial charge < -0.3 is 15.2 Å². The molecule has 0 aliphatic carbocycles. The Morgan fingerprint density at radius 3 is 3.11 bits per heavy atom. The number of fused-ring (bicyclic) bond motifs is 1. The standard InChI is InChI=1S/C15H26N4/c1-11(2)19-7-3-4-12(10-19)8-15-17-13-5-6-16-9-14(13)18-15/h11-12,16H,3-10H2,1-2H3,(H,17,18). The van der Waals surface area contributed by atoms with Crippen LogP contribution in [0.25, 0.3) is 0 Å². The number of piperidine rings is 1. The van der Waals surface area contributed by atoms with E-state index in [0.29, 0.717) is 6.04 Å². The Kier molecular flexibility index (Phi) is 3.89. The van der Waals surface area contributed by atoms with Gasteiger partial charge in [-0.25, -0.2) is 4.98 Å². The van der Waals surface area contributed by atoms with Gasteiger partial charge in [-0.2, -0.15) is 0 Å². The molecule has 1 saturated heterocycles. The zero-order valence-electron chi connectivity index (χ0n) is 12.2. The Morgan fingerprint density at radius 1 is 1.42 bits per heavy atom. The lowest BCUT2D eigenvalue weighted by molar-refractivity contribution is 0.139. The van der Waals surface area contributed by atoms with Gasteiger partial charge in [0.15, 0.2) is 0 Å². The highest BCUT2D eigenvalue weighted by Gasteiger charge is 2.23. The van der Waals surface area contributed by atoms with E-state index in [4.69, 9.17) is 4.98 Å². The number of H-pyrrole nitrogens is 1. The zero-order valence-corrected chi connectivity index (χ0v) is 12.2. The molecule has 1 aromatic rings. The summed E-state index contributed by atoms with van der Waals surface area (Å²) in [6.45, 7) is 9.15. The topological polar surface area (TPSA) is 44.0 Å². The monoisotopic (exact) mass is 262 g/mol. The molecule has 1 unspecified atom stereocenters. The highest BCUT2D eigenvalue weighted by atomic mass is 15.2. The van der Waals surface area contributed by atoms with Crippen molar-refractivity contribution in [2.24, 2.45) is 5.92 Å². The summed E-state index contributed by atoms with van der Waals surface area (Å²) in [4.78, 5) is 10.9. The van der Waals surface area contributed by atoms with Gasteiger partial charge in [-0.05, 0) is 39.2 Å². The Hall–Kier alpha value is -0.870. The molecule has 2 N–H and O–H groups in total. The van der Waals surface area contributed by atoms with Crippen molar-refractivity contribution in [3.05, 3.63) is 17.2 Å². The molecule has 19 heavy (non-hydrogen) atoms. The number of hydrogen-bond donors (Lipinski definition) is 2. The van der Waals surface area contributed by atoms with E-state index in [1.807, 2.05) is 0 Å². The minimum absolute atomic E-state index is 0.678. The molecular formula is C15H26N4. The summed E-state index contributed by atoms with van der Waals surface area (Å²) >= 11 is 0. The first-order valence-electron chi connectivity index (χ1n) is 7.74. The number of nitrogens with one attached hydrogen (secondary N) is 2. The predicted octanol–water partition coefficient (Wildman–Crippen LogP) is 1.72. The van der Waals surface area contributed by atoms with Crippen molar-refractivity contribution in [3.63, 3.8) is 0 Å². The molecule has 0 bridgehead atoms. The SMILES string of the molecule is CC(C)N1CCCC(Cc2nc3c([nH]2)CNCC3)C1. The maximum Gasteiger partial charge on any atom is 0.106 e. The number of likely N-dealkylation sites (tertiary alicyclic amines) is 1. The second-order valence-corrected chi connectivity index (χ2v) is 6.34. The lowest BCUT2D eigenvalue weighted by Gasteiger charge is -2.35. The van der Waals surface area contributed by atoms with Gasteiger partial charge in [0.2, 0.25) is 0 Å². The minimum Gasteiger partial charge on any atom is -0.345 e. The summed E-state index contributed by atoms with van der Waals surface area (Å²) in [5.41, 5.74) is 2.61. The van der Waals surface area contributed by atoms with Gasteiger partial charge in [0, 0.05) is 38.5 Å². The zero-order chi connectivity index (χ0) is 13.2. The molecular weight excluding hydrogens is 236 g/mol. The second kappa shape index (κ2) is 5.63. The van der Waals surface area contributed by atoms with Crippen LogP contribution in [0.1, 0.15) is 43.9 Å². The van der Waals surface area contributed by atoms with Gasteiger partial charge in [0.25, 0.3) is 0 Å². The number of aromatic nitrogens is 2. The number of imidazole rings is 1. The molecule has 0 saturated carbocycles. The fourth-order valence-electron chi connectivity index (χ4n) is 3.38. The normalized spacial score (nSPS) is 24.7. The van der Waals surface area contributed by atoms with Gasteiger partial charge in [0.05, 0.1) is 11.4 Å². The first kappa shape index (κ1) is 13.1. The molecule has 3 heterocycles. The first-order chi connectivity index (χ1) is 9.22. The Labute approximate surface area is 116 Å². The van der Waals surface area contributed by atoms with Gasteiger partial charge >= 0.3 is 0 Å². The average Bonchev–Trinajstić information content (AvgIpc) is 2.81. The lowest BCUT2D eigenvalue weighted by atomic mass is 9.94. The second-order valence-electron chi connectivity index (χ2n) is 6.34. The van der Waals surface area contributed by atoms with Crippen molar-refractivity contribution in [2.75, 3.05) is 19.6 Å². The van der Waals surface area contributed by atoms with Gasteiger partial charge in [-0.15, -0.1) is 0 Å². The molecule has 2 aliphatic rings. The largest absolute Gasteiger partial charge is 0.345 e. The quantitative estimate of drug-likeness (QED) is 0.872. The highest BCUT2D eigenvalue weighted by Crippen LogP contribution is 2.22. The predicted molar refractivity (Wildman–Crippen MR) is 77.1 cm³/mol. The fraction of sp³-hybridized carbons (Fsp3) is 0.800. The van der Waals surface area contributed by atoms with E-state index in [2.05, 4.69) is 29.0 Å². The number of aromatic amines is 1. The van der Waals surface area contributed by atoms with Crippen LogP contribution in [0.5, 0.6) is 0 Å². The Morgan fingerprint density at radius 2 is 2.32 bits per heavy atom. The van der Waals surface area contributed by atoms with E-state index >= 15 is 0 Å². The van der Waals surface area contributed by atoms with Gasteiger partial charge in [-0.3, -0.25) is 0 Å². The summed E-state index contributed by atoms with van der Waals surface area (Å²) in [6, 6.07) is 0.678. The molecule has 1 fully saturated rings. The highest BCUT2D eigenvalue weighted by molar-refractivity contribution is 5.17. The van der Waals surface area contributed by atoms with Crippen molar-refractivity contribution in [3.8, 4) is 0 Å². The maximum atomic E-state index is 4.80. The third-order valence-corrected chi connectivity index (χ3v) is 4.52. The van der Waals surface area contributed by atoms with Crippen molar-refractivity contribution in [1.82, 2.24) is 20.2 Å². The third kappa shape index (κ3) is 3.00. The van der Waals surface area contributed by atoms with Crippen LogP contribution in [-0.4, -0.2) is 40.5 Å². The molecule has 0 aromatic carbocycles. The Balaban J connectivity index is 1.63. The summed E-state index contributed by atoms with van der Waals surface area (Å²) in [5.74, 6) is 1.99. The smallest absolute Gasteiger partial charge is 0.106 e. The van der Waals surface area contributed by atoms with Crippen molar-refractivity contribution >= 4 is 0 Å². The summed E-state index contributed by atoms with van der Waals surface area (Å²) in [7, 11) is 0. The van der Waals surface area contributed by atoms with Crippen LogP contribution in [0, 0.1) is 5.92 Å². The number of nitrogens with zero attached hydrogens (tertiary/aromatic N) is 2. The van der Waals surface area contributed by atoms with Crippen LogP contribution in [0.3, 0.4) is 0 Å². The molecule has 1 atom stereocenters. The van der Waals surface area contributed by atoms with Crippen LogP contribution < -0.4 is 5.32 Å². The minimum atomic E-state index is 0.678. The first-order valence-corrected chi connectivity index (χ1v) is 7.74. The molecule has 1 aromatic heterocycles. The van der Waals surface area contributed by atoms with Crippen LogP contribution in [0.15, 0.2) is 0 Å². The van der Waals surface area contributed by atoms with Crippen LogP contribution in [-0.2, 0) is 19.4 Å².